The van der Waals surface area contributed by atoms with Crippen LogP contribution in [-0.2, 0) is 0 Å². The fourth-order valence-corrected chi connectivity index (χ4v) is 9.27. The molecule has 4 aliphatic rings. The lowest BCUT2D eigenvalue weighted by molar-refractivity contribution is -0.129. The standard InChI is InChI=1S/C27H48O2/c1-18(7-6-14-25(2,3)29)22-10-11-23-21-9-8-19-17-20(28)12-15-26(19,4)24(21)13-16-27(22,23)5/h18-24,28-29H,6-17H2,1-5H3/t18-,19+,20+,21+,22-,23+,24+,26+,27-/m1/s1. The van der Waals surface area contributed by atoms with Crippen molar-refractivity contribution in [2.24, 2.45) is 46.3 Å². The van der Waals surface area contributed by atoms with Gasteiger partial charge >= 0.3 is 0 Å². The average molecular weight is 405 g/mol. The molecule has 4 aliphatic carbocycles. The second-order valence-corrected chi connectivity index (χ2v) is 13.0. The van der Waals surface area contributed by atoms with Gasteiger partial charge in [-0.3, -0.25) is 0 Å². The Morgan fingerprint density at radius 3 is 2.34 bits per heavy atom. The summed E-state index contributed by atoms with van der Waals surface area (Å²) < 4.78 is 0. The van der Waals surface area contributed by atoms with Gasteiger partial charge in [0.2, 0.25) is 0 Å². The van der Waals surface area contributed by atoms with Crippen LogP contribution in [0.4, 0.5) is 0 Å². The monoisotopic (exact) mass is 404 g/mol. The molecule has 0 saturated heterocycles. The molecule has 4 rings (SSSR count). The summed E-state index contributed by atoms with van der Waals surface area (Å²) in [6, 6.07) is 0. The van der Waals surface area contributed by atoms with Gasteiger partial charge in [0.25, 0.3) is 0 Å². The third-order valence-corrected chi connectivity index (χ3v) is 10.8. The third-order valence-electron chi connectivity index (χ3n) is 10.8. The van der Waals surface area contributed by atoms with Crippen molar-refractivity contribution in [1.29, 1.82) is 0 Å². The predicted octanol–water partition coefficient (Wildman–Crippen LogP) is 6.58. The second kappa shape index (κ2) is 7.80. The molecule has 4 saturated carbocycles. The number of rotatable bonds is 5. The summed E-state index contributed by atoms with van der Waals surface area (Å²) in [7, 11) is 0. The highest BCUT2D eigenvalue weighted by Crippen LogP contribution is 2.68. The molecule has 2 heteroatoms. The van der Waals surface area contributed by atoms with Gasteiger partial charge in [0.05, 0.1) is 11.7 Å². The first-order chi connectivity index (χ1) is 13.5. The van der Waals surface area contributed by atoms with Gasteiger partial charge in [0, 0.05) is 0 Å². The van der Waals surface area contributed by atoms with Crippen LogP contribution in [0.5, 0.6) is 0 Å². The molecule has 0 bridgehead atoms. The zero-order chi connectivity index (χ0) is 21.0. The highest BCUT2D eigenvalue weighted by atomic mass is 16.3. The fourth-order valence-electron chi connectivity index (χ4n) is 9.27. The Morgan fingerprint density at radius 1 is 0.931 bits per heavy atom. The number of fused-ring (bicyclic) bond motifs is 5. The van der Waals surface area contributed by atoms with Crippen LogP contribution in [0.1, 0.15) is 112 Å². The van der Waals surface area contributed by atoms with Crippen molar-refractivity contribution in [2.45, 2.75) is 123 Å². The molecule has 0 heterocycles. The molecule has 0 spiro atoms. The van der Waals surface area contributed by atoms with E-state index in [0.29, 0.717) is 10.8 Å². The Bertz CT molecular complexity index is 580. The number of hydrogen-bond acceptors (Lipinski definition) is 2. The maximum Gasteiger partial charge on any atom is 0.0591 e. The largest absolute Gasteiger partial charge is 0.393 e. The highest BCUT2D eigenvalue weighted by molar-refractivity contribution is 5.09. The van der Waals surface area contributed by atoms with Crippen LogP contribution in [0.25, 0.3) is 0 Å². The molecule has 0 radical (unpaired) electrons. The van der Waals surface area contributed by atoms with Gasteiger partial charge in [-0.25, -0.2) is 0 Å². The summed E-state index contributed by atoms with van der Waals surface area (Å²) in [5, 5.41) is 20.3. The molecule has 0 aromatic heterocycles. The third kappa shape index (κ3) is 3.95. The molecule has 4 fully saturated rings. The minimum atomic E-state index is -0.512. The van der Waals surface area contributed by atoms with Gasteiger partial charge in [0.15, 0.2) is 0 Å². The van der Waals surface area contributed by atoms with Crippen LogP contribution in [0.3, 0.4) is 0 Å². The summed E-state index contributed by atoms with van der Waals surface area (Å²) in [5.74, 6) is 5.24. The average Bonchev–Trinajstić information content (AvgIpc) is 2.98. The van der Waals surface area contributed by atoms with E-state index >= 15 is 0 Å². The lowest BCUT2D eigenvalue weighted by Gasteiger charge is -2.61. The quantitative estimate of drug-likeness (QED) is 0.543. The van der Waals surface area contributed by atoms with E-state index in [4.69, 9.17) is 0 Å². The molecule has 0 unspecified atom stereocenters. The van der Waals surface area contributed by atoms with Crippen LogP contribution in [-0.4, -0.2) is 21.9 Å². The minimum Gasteiger partial charge on any atom is -0.393 e. The van der Waals surface area contributed by atoms with Crippen molar-refractivity contribution in [3.05, 3.63) is 0 Å². The Balaban J connectivity index is 1.44. The lowest BCUT2D eigenvalue weighted by Crippen LogP contribution is -2.54. The smallest absolute Gasteiger partial charge is 0.0591 e. The van der Waals surface area contributed by atoms with Gasteiger partial charge in [-0.2, -0.15) is 0 Å². The van der Waals surface area contributed by atoms with E-state index in [2.05, 4.69) is 20.8 Å². The van der Waals surface area contributed by atoms with Crippen LogP contribution >= 0.6 is 0 Å². The van der Waals surface area contributed by atoms with E-state index in [1.54, 1.807) is 0 Å². The summed E-state index contributed by atoms with van der Waals surface area (Å²) >= 11 is 0. The van der Waals surface area contributed by atoms with Crippen molar-refractivity contribution in [1.82, 2.24) is 0 Å². The zero-order valence-electron chi connectivity index (χ0n) is 19.9. The first kappa shape index (κ1) is 22.1. The Morgan fingerprint density at radius 2 is 1.62 bits per heavy atom. The van der Waals surface area contributed by atoms with Crippen LogP contribution in [0, 0.1) is 46.3 Å². The van der Waals surface area contributed by atoms with Crippen molar-refractivity contribution in [3.63, 3.8) is 0 Å². The van der Waals surface area contributed by atoms with E-state index in [-0.39, 0.29) is 6.10 Å². The molecule has 0 amide bonds. The molecule has 9 atom stereocenters. The normalized spacial score (nSPS) is 48.5. The summed E-state index contributed by atoms with van der Waals surface area (Å²) in [6.07, 6.45) is 15.3. The highest BCUT2D eigenvalue weighted by Gasteiger charge is 2.60. The van der Waals surface area contributed by atoms with Crippen molar-refractivity contribution in [3.8, 4) is 0 Å². The maximum atomic E-state index is 10.3. The Kier molecular flexibility index (Phi) is 5.95. The summed E-state index contributed by atoms with van der Waals surface area (Å²) in [5.41, 5.74) is 0.536. The van der Waals surface area contributed by atoms with E-state index in [0.717, 1.165) is 61.2 Å². The Hall–Kier alpha value is -0.0800. The first-order valence-corrected chi connectivity index (χ1v) is 12.9. The first-order valence-electron chi connectivity index (χ1n) is 12.9. The molecule has 2 nitrogen and oxygen atoms in total. The fraction of sp³-hybridized carbons (Fsp3) is 1.00. The van der Waals surface area contributed by atoms with E-state index in [1.807, 2.05) is 13.8 Å². The maximum absolute atomic E-state index is 10.3. The van der Waals surface area contributed by atoms with E-state index in [1.165, 1.54) is 51.4 Å². The van der Waals surface area contributed by atoms with Crippen molar-refractivity contribution >= 4 is 0 Å². The van der Waals surface area contributed by atoms with Crippen LogP contribution in [0.2, 0.25) is 0 Å². The Labute approximate surface area is 180 Å². The second-order valence-electron chi connectivity index (χ2n) is 13.0. The van der Waals surface area contributed by atoms with Crippen molar-refractivity contribution in [2.75, 3.05) is 0 Å². The molecule has 0 aromatic carbocycles. The lowest BCUT2D eigenvalue weighted by atomic mass is 9.44. The molecule has 0 aliphatic heterocycles. The summed E-state index contributed by atoms with van der Waals surface area (Å²) in [4.78, 5) is 0. The molecular weight excluding hydrogens is 356 g/mol. The molecule has 0 aromatic rings. The zero-order valence-corrected chi connectivity index (χ0v) is 19.9. The predicted molar refractivity (Wildman–Crippen MR) is 121 cm³/mol. The molecule has 168 valence electrons. The number of hydrogen-bond donors (Lipinski definition) is 2. The van der Waals surface area contributed by atoms with Gasteiger partial charge in [-0.1, -0.05) is 33.6 Å². The van der Waals surface area contributed by atoms with Gasteiger partial charge in [-0.05, 0) is 124 Å². The van der Waals surface area contributed by atoms with E-state index < -0.39 is 5.60 Å². The molecule has 2 N–H and O–H groups in total. The van der Waals surface area contributed by atoms with Gasteiger partial charge < -0.3 is 10.2 Å². The molecular formula is C27H48O2. The van der Waals surface area contributed by atoms with E-state index in [9.17, 15) is 10.2 Å². The number of aliphatic hydroxyl groups is 2. The molecule has 29 heavy (non-hydrogen) atoms. The minimum absolute atomic E-state index is 0.0286. The van der Waals surface area contributed by atoms with Crippen LogP contribution < -0.4 is 0 Å². The topological polar surface area (TPSA) is 40.5 Å². The van der Waals surface area contributed by atoms with Crippen LogP contribution in [0.15, 0.2) is 0 Å². The SMILES string of the molecule is C[C@H](CCCC(C)(C)O)[C@H]1CC[C@H]2[C@@H]3CC[C@H]4C[C@@H](O)CC[C@]4(C)[C@H]3CC[C@]12C. The van der Waals surface area contributed by atoms with Crippen molar-refractivity contribution < 1.29 is 10.2 Å². The van der Waals surface area contributed by atoms with Gasteiger partial charge in [0.1, 0.15) is 0 Å². The van der Waals surface area contributed by atoms with Gasteiger partial charge in [-0.15, -0.1) is 0 Å². The summed E-state index contributed by atoms with van der Waals surface area (Å²) in [6.45, 7) is 11.7. The number of aliphatic hydroxyl groups excluding tert-OH is 1.